The number of halogens is 2. The van der Waals surface area contributed by atoms with E-state index in [0.717, 1.165) is 13.0 Å². The molecule has 1 heterocycles. The minimum Gasteiger partial charge on any atom is -0.382 e. The molecule has 1 N–H and O–H groups in total. The number of fused-ring (bicyclic) bond motifs is 1. The van der Waals surface area contributed by atoms with E-state index in [1.54, 1.807) is 6.07 Å². The second-order valence-electron chi connectivity index (χ2n) is 4.13. The quantitative estimate of drug-likeness (QED) is 0.834. The van der Waals surface area contributed by atoms with E-state index in [4.69, 9.17) is 0 Å². The third-order valence-electron chi connectivity index (χ3n) is 3.15. The summed E-state index contributed by atoms with van der Waals surface area (Å²) in [6.45, 7) is 5.55. The maximum Gasteiger partial charge on any atom is 0.184 e. The molecule has 1 atom stereocenters. The van der Waals surface area contributed by atoms with Gasteiger partial charge >= 0.3 is 0 Å². The van der Waals surface area contributed by atoms with E-state index in [-0.39, 0.29) is 6.04 Å². The Balaban J connectivity index is 2.47. The standard InChI is InChI=1S/C12H16F2N2/c1-3-8(2)16-7-6-15-10-5-4-9(13)11(14)12(10)16/h4-5,8,15H,3,6-7H2,1-2H3. The molecule has 0 bridgehead atoms. The molecule has 0 saturated heterocycles. The molecule has 1 aliphatic rings. The van der Waals surface area contributed by atoms with Crippen molar-refractivity contribution in [2.24, 2.45) is 0 Å². The lowest BCUT2D eigenvalue weighted by atomic mass is 10.1. The number of hydrogen-bond donors (Lipinski definition) is 1. The SMILES string of the molecule is CCC(C)N1CCNc2ccc(F)c(F)c21. The molecule has 2 rings (SSSR count). The van der Waals surface area contributed by atoms with E-state index >= 15 is 0 Å². The fraction of sp³-hybridized carbons (Fsp3) is 0.500. The van der Waals surface area contributed by atoms with Gasteiger partial charge in [0.2, 0.25) is 0 Å². The third kappa shape index (κ3) is 1.72. The van der Waals surface area contributed by atoms with Gasteiger partial charge in [-0.25, -0.2) is 8.78 Å². The Bertz CT molecular complexity index is 393. The third-order valence-corrected chi connectivity index (χ3v) is 3.15. The lowest BCUT2D eigenvalue weighted by molar-refractivity contribution is 0.497. The summed E-state index contributed by atoms with van der Waals surface area (Å²) < 4.78 is 27.0. The highest BCUT2D eigenvalue weighted by Crippen LogP contribution is 2.34. The zero-order chi connectivity index (χ0) is 11.7. The van der Waals surface area contributed by atoms with Gasteiger partial charge in [0.1, 0.15) is 0 Å². The summed E-state index contributed by atoms with van der Waals surface area (Å²) in [6, 6.07) is 2.99. The Morgan fingerprint density at radius 2 is 2.19 bits per heavy atom. The molecule has 0 saturated carbocycles. The van der Waals surface area contributed by atoms with Crippen molar-refractivity contribution in [1.82, 2.24) is 0 Å². The van der Waals surface area contributed by atoms with Crippen LogP contribution in [0.15, 0.2) is 12.1 Å². The molecule has 88 valence electrons. The summed E-state index contributed by atoms with van der Waals surface area (Å²) in [6.07, 6.45) is 0.912. The lowest BCUT2D eigenvalue weighted by Gasteiger charge is -2.36. The van der Waals surface area contributed by atoms with Crippen LogP contribution >= 0.6 is 0 Å². The van der Waals surface area contributed by atoms with Gasteiger partial charge in [-0.3, -0.25) is 0 Å². The molecule has 0 aliphatic carbocycles. The summed E-state index contributed by atoms with van der Waals surface area (Å²) in [7, 11) is 0. The molecule has 0 aromatic heterocycles. The largest absolute Gasteiger partial charge is 0.382 e. The number of hydrogen-bond acceptors (Lipinski definition) is 2. The van der Waals surface area contributed by atoms with Crippen LogP contribution in [0.4, 0.5) is 20.2 Å². The topological polar surface area (TPSA) is 15.3 Å². The van der Waals surface area contributed by atoms with Crippen LogP contribution in [-0.2, 0) is 0 Å². The fourth-order valence-corrected chi connectivity index (χ4v) is 2.05. The highest BCUT2D eigenvalue weighted by atomic mass is 19.2. The van der Waals surface area contributed by atoms with E-state index in [9.17, 15) is 8.78 Å². The van der Waals surface area contributed by atoms with E-state index in [1.807, 2.05) is 18.7 Å². The molecule has 1 unspecified atom stereocenters. The molecular formula is C12H16F2N2. The number of rotatable bonds is 2. The molecule has 1 aromatic carbocycles. The van der Waals surface area contributed by atoms with Gasteiger partial charge in [0.15, 0.2) is 11.6 Å². The molecule has 16 heavy (non-hydrogen) atoms. The van der Waals surface area contributed by atoms with Crippen LogP contribution in [0.3, 0.4) is 0 Å². The van der Waals surface area contributed by atoms with Crippen LogP contribution < -0.4 is 10.2 Å². The van der Waals surface area contributed by atoms with Gasteiger partial charge in [-0.1, -0.05) is 6.92 Å². The van der Waals surface area contributed by atoms with Crippen molar-refractivity contribution >= 4 is 11.4 Å². The van der Waals surface area contributed by atoms with Crippen molar-refractivity contribution in [1.29, 1.82) is 0 Å². The van der Waals surface area contributed by atoms with E-state index in [2.05, 4.69) is 5.32 Å². The molecule has 2 nitrogen and oxygen atoms in total. The van der Waals surface area contributed by atoms with Crippen molar-refractivity contribution in [2.75, 3.05) is 23.3 Å². The smallest absolute Gasteiger partial charge is 0.184 e. The molecule has 0 radical (unpaired) electrons. The van der Waals surface area contributed by atoms with Crippen LogP contribution in [-0.4, -0.2) is 19.1 Å². The Hall–Kier alpha value is -1.32. The maximum absolute atomic E-state index is 13.8. The fourth-order valence-electron chi connectivity index (χ4n) is 2.05. The Kier molecular flexibility index (Phi) is 2.99. The average molecular weight is 226 g/mol. The predicted molar refractivity (Wildman–Crippen MR) is 61.9 cm³/mol. The maximum atomic E-state index is 13.8. The molecule has 0 amide bonds. The zero-order valence-corrected chi connectivity index (χ0v) is 9.56. The van der Waals surface area contributed by atoms with Crippen molar-refractivity contribution in [3.63, 3.8) is 0 Å². The highest BCUT2D eigenvalue weighted by Gasteiger charge is 2.25. The van der Waals surface area contributed by atoms with Gasteiger partial charge in [-0.15, -0.1) is 0 Å². The normalized spacial score (nSPS) is 16.6. The van der Waals surface area contributed by atoms with Crippen LogP contribution in [0, 0.1) is 11.6 Å². The number of nitrogens with zero attached hydrogens (tertiary/aromatic N) is 1. The van der Waals surface area contributed by atoms with Gasteiger partial charge < -0.3 is 10.2 Å². The summed E-state index contributed by atoms with van der Waals surface area (Å²) in [5.41, 5.74) is 1.06. The number of benzene rings is 1. The summed E-state index contributed by atoms with van der Waals surface area (Å²) in [4.78, 5) is 1.93. The average Bonchev–Trinajstić information content (AvgIpc) is 2.32. The van der Waals surface area contributed by atoms with E-state index in [1.165, 1.54) is 6.07 Å². The first-order valence-corrected chi connectivity index (χ1v) is 5.63. The minimum atomic E-state index is -0.782. The van der Waals surface area contributed by atoms with Gasteiger partial charge in [0.25, 0.3) is 0 Å². The molecular weight excluding hydrogens is 210 g/mol. The summed E-state index contributed by atoms with van der Waals surface area (Å²) >= 11 is 0. The van der Waals surface area contributed by atoms with Crippen molar-refractivity contribution in [3.8, 4) is 0 Å². The second-order valence-corrected chi connectivity index (χ2v) is 4.13. The molecule has 4 heteroatoms. The monoisotopic (exact) mass is 226 g/mol. The predicted octanol–water partition coefficient (Wildman–Crippen LogP) is 3.00. The number of anilines is 2. The van der Waals surface area contributed by atoms with Crippen LogP contribution in [0.2, 0.25) is 0 Å². The summed E-state index contributed by atoms with van der Waals surface area (Å²) in [5.74, 6) is -1.53. The minimum absolute atomic E-state index is 0.220. The summed E-state index contributed by atoms with van der Waals surface area (Å²) in [5, 5.41) is 3.09. The van der Waals surface area contributed by atoms with Crippen LogP contribution in [0.1, 0.15) is 20.3 Å². The zero-order valence-electron chi connectivity index (χ0n) is 9.56. The Labute approximate surface area is 94.3 Å². The van der Waals surface area contributed by atoms with Gasteiger partial charge in [-0.05, 0) is 25.5 Å². The Morgan fingerprint density at radius 3 is 2.88 bits per heavy atom. The first-order valence-electron chi connectivity index (χ1n) is 5.63. The van der Waals surface area contributed by atoms with Crippen molar-refractivity contribution < 1.29 is 8.78 Å². The van der Waals surface area contributed by atoms with Gasteiger partial charge in [0, 0.05) is 19.1 Å². The Morgan fingerprint density at radius 1 is 1.44 bits per heavy atom. The van der Waals surface area contributed by atoms with Crippen LogP contribution in [0.5, 0.6) is 0 Å². The van der Waals surface area contributed by atoms with Crippen molar-refractivity contribution in [3.05, 3.63) is 23.8 Å². The van der Waals surface area contributed by atoms with E-state index in [0.29, 0.717) is 17.9 Å². The van der Waals surface area contributed by atoms with Crippen LogP contribution in [0.25, 0.3) is 0 Å². The first kappa shape index (κ1) is 11.2. The van der Waals surface area contributed by atoms with Gasteiger partial charge in [-0.2, -0.15) is 0 Å². The molecule has 0 fully saturated rings. The molecule has 0 spiro atoms. The lowest BCUT2D eigenvalue weighted by Crippen LogP contribution is -2.40. The highest BCUT2D eigenvalue weighted by molar-refractivity contribution is 5.73. The number of nitrogens with one attached hydrogen (secondary N) is 1. The second kappa shape index (κ2) is 4.28. The van der Waals surface area contributed by atoms with E-state index < -0.39 is 11.6 Å². The molecule has 1 aromatic rings. The first-order chi connectivity index (χ1) is 7.65. The van der Waals surface area contributed by atoms with Crippen molar-refractivity contribution in [2.45, 2.75) is 26.3 Å². The van der Waals surface area contributed by atoms with Gasteiger partial charge in [0.05, 0.1) is 11.4 Å². The molecule has 1 aliphatic heterocycles.